The Kier molecular flexibility index (Phi) is 1.90. The summed E-state index contributed by atoms with van der Waals surface area (Å²) in [5.41, 5.74) is 0.396. The predicted octanol–water partition coefficient (Wildman–Crippen LogP) is 1.31. The number of ether oxygens (including phenoxy) is 1. The van der Waals surface area contributed by atoms with Crippen molar-refractivity contribution >= 4 is 0 Å². The van der Waals surface area contributed by atoms with Gasteiger partial charge in [0.15, 0.2) is 0 Å². The molecule has 2 aliphatic rings. The van der Waals surface area contributed by atoms with E-state index in [9.17, 15) is 0 Å². The topological polar surface area (TPSA) is 21.3 Å². The summed E-state index contributed by atoms with van der Waals surface area (Å²) in [6, 6.07) is 0. The van der Waals surface area contributed by atoms with E-state index in [2.05, 4.69) is 5.32 Å². The zero-order valence-corrected chi connectivity index (χ0v) is 7.23. The summed E-state index contributed by atoms with van der Waals surface area (Å²) in [6.45, 7) is 1.19. The third-order valence-electron chi connectivity index (χ3n) is 3.28. The molecule has 2 fully saturated rings. The van der Waals surface area contributed by atoms with Gasteiger partial charge in [-0.25, -0.2) is 0 Å². The Labute approximate surface area is 68.3 Å². The summed E-state index contributed by atoms with van der Waals surface area (Å²) < 4.78 is 5.42. The van der Waals surface area contributed by atoms with Crippen molar-refractivity contribution in [2.24, 2.45) is 0 Å². The minimum Gasteiger partial charge on any atom is -0.380 e. The number of methoxy groups -OCH3 is 1. The van der Waals surface area contributed by atoms with Gasteiger partial charge in [0, 0.05) is 12.6 Å². The highest BCUT2D eigenvalue weighted by Gasteiger charge is 2.47. The molecular formula is C9H17NO. The molecule has 1 spiro atoms. The first-order chi connectivity index (χ1) is 5.37. The van der Waals surface area contributed by atoms with Crippen molar-refractivity contribution in [3.63, 3.8) is 0 Å². The molecule has 0 radical (unpaired) electrons. The van der Waals surface area contributed by atoms with Crippen molar-refractivity contribution in [3.8, 4) is 0 Å². The van der Waals surface area contributed by atoms with Crippen LogP contribution in [0.5, 0.6) is 0 Å². The van der Waals surface area contributed by atoms with E-state index in [1.54, 1.807) is 0 Å². The second kappa shape index (κ2) is 2.76. The number of hydrogen-bond acceptors (Lipinski definition) is 2. The molecule has 2 heteroatoms. The molecule has 0 aromatic heterocycles. The van der Waals surface area contributed by atoms with Gasteiger partial charge in [-0.05, 0) is 32.2 Å². The molecule has 2 atom stereocenters. The highest BCUT2D eigenvalue weighted by Crippen LogP contribution is 2.40. The van der Waals surface area contributed by atoms with Gasteiger partial charge < -0.3 is 10.1 Å². The maximum absolute atomic E-state index is 5.42. The van der Waals surface area contributed by atoms with Gasteiger partial charge in [-0.1, -0.05) is 6.42 Å². The Bertz CT molecular complexity index is 138. The highest BCUT2D eigenvalue weighted by molar-refractivity contribution is 5.05. The van der Waals surface area contributed by atoms with Gasteiger partial charge in [0.25, 0.3) is 0 Å². The number of piperidine rings is 1. The lowest BCUT2D eigenvalue weighted by molar-refractivity contribution is -0.0672. The molecule has 1 saturated carbocycles. The van der Waals surface area contributed by atoms with Gasteiger partial charge in [-0.15, -0.1) is 0 Å². The van der Waals surface area contributed by atoms with Crippen LogP contribution in [0.15, 0.2) is 0 Å². The van der Waals surface area contributed by atoms with Crippen LogP contribution in [0.2, 0.25) is 0 Å². The molecular weight excluding hydrogens is 138 g/mol. The average Bonchev–Trinajstić information content (AvgIpc) is 2.05. The van der Waals surface area contributed by atoms with Crippen LogP contribution in [0.4, 0.5) is 0 Å². The van der Waals surface area contributed by atoms with Gasteiger partial charge in [0.2, 0.25) is 0 Å². The summed E-state index contributed by atoms with van der Waals surface area (Å²) in [5, 5.41) is 3.61. The molecule has 1 N–H and O–H groups in total. The van der Waals surface area contributed by atoms with Crippen LogP contribution in [0.1, 0.15) is 32.1 Å². The van der Waals surface area contributed by atoms with Crippen molar-refractivity contribution in [3.05, 3.63) is 0 Å². The SMILES string of the molecule is COC1CCC12CCCCN2. The number of rotatable bonds is 1. The van der Waals surface area contributed by atoms with Gasteiger partial charge in [-0.3, -0.25) is 0 Å². The summed E-state index contributed by atoms with van der Waals surface area (Å²) in [7, 11) is 1.84. The molecule has 1 saturated heterocycles. The van der Waals surface area contributed by atoms with E-state index in [1.165, 1.54) is 38.6 Å². The highest BCUT2D eigenvalue weighted by atomic mass is 16.5. The summed E-state index contributed by atoms with van der Waals surface area (Å²) >= 11 is 0. The van der Waals surface area contributed by atoms with Crippen molar-refractivity contribution < 1.29 is 4.74 Å². The van der Waals surface area contributed by atoms with Crippen LogP contribution in [0.3, 0.4) is 0 Å². The number of nitrogens with one attached hydrogen (secondary N) is 1. The van der Waals surface area contributed by atoms with Crippen LogP contribution in [-0.4, -0.2) is 25.3 Å². The predicted molar refractivity (Wildman–Crippen MR) is 44.6 cm³/mol. The molecule has 1 aliphatic carbocycles. The minimum absolute atomic E-state index is 0.396. The monoisotopic (exact) mass is 155 g/mol. The standard InChI is InChI=1S/C9H17NO/c1-11-8-4-6-9(8)5-2-3-7-10-9/h8,10H,2-7H2,1H3. The largest absolute Gasteiger partial charge is 0.380 e. The molecule has 0 bridgehead atoms. The Morgan fingerprint density at radius 3 is 2.73 bits per heavy atom. The van der Waals surface area contributed by atoms with Gasteiger partial charge in [0.1, 0.15) is 0 Å². The molecule has 1 aliphatic heterocycles. The first-order valence-electron chi connectivity index (χ1n) is 4.65. The fourth-order valence-electron chi connectivity index (χ4n) is 2.43. The van der Waals surface area contributed by atoms with Crippen LogP contribution in [0.25, 0.3) is 0 Å². The lowest BCUT2D eigenvalue weighted by atomic mass is 9.69. The fourth-order valence-corrected chi connectivity index (χ4v) is 2.43. The van der Waals surface area contributed by atoms with Crippen LogP contribution in [-0.2, 0) is 4.74 Å². The van der Waals surface area contributed by atoms with Crippen molar-refractivity contribution in [2.45, 2.75) is 43.7 Å². The molecule has 64 valence electrons. The fraction of sp³-hybridized carbons (Fsp3) is 1.00. The third-order valence-corrected chi connectivity index (χ3v) is 3.28. The van der Waals surface area contributed by atoms with Crippen molar-refractivity contribution in [2.75, 3.05) is 13.7 Å². The van der Waals surface area contributed by atoms with E-state index in [0.29, 0.717) is 11.6 Å². The Balaban J connectivity index is 1.97. The normalized spacial score (nSPS) is 43.9. The molecule has 0 aromatic rings. The van der Waals surface area contributed by atoms with Gasteiger partial charge >= 0.3 is 0 Å². The van der Waals surface area contributed by atoms with E-state index in [-0.39, 0.29) is 0 Å². The van der Waals surface area contributed by atoms with Crippen molar-refractivity contribution in [1.82, 2.24) is 5.32 Å². The quantitative estimate of drug-likeness (QED) is 0.616. The molecule has 0 amide bonds. The minimum atomic E-state index is 0.396. The van der Waals surface area contributed by atoms with E-state index in [1.807, 2.05) is 7.11 Å². The molecule has 2 unspecified atom stereocenters. The molecule has 11 heavy (non-hydrogen) atoms. The Morgan fingerprint density at radius 2 is 2.27 bits per heavy atom. The van der Waals surface area contributed by atoms with Gasteiger partial charge in [0.05, 0.1) is 6.10 Å². The average molecular weight is 155 g/mol. The number of hydrogen-bond donors (Lipinski definition) is 1. The maximum Gasteiger partial charge on any atom is 0.0753 e. The summed E-state index contributed by atoms with van der Waals surface area (Å²) in [4.78, 5) is 0. The molecule has 2 nitrogen and oxygen atoms in total. The van der Waals surface area contributed by atoms with E-state index < -0.39 is 0 Å². The third kappa shape index (κ3) is 1.09. The second-order valence-corrected chi connectivity index (χ2v) is 3.80. The van der Waals surface area contributed by atoms with Crippen LogP contribution < -0.4 is 5.32 Å². The molecule has 2 rings (SSSR count). The van der Waals surface area contributed by atoms with Crippen molar-refractivity contribution in [1.29, 1.82) is 0 Å². The lowest BCUT2D eigenvalue weighted by Crippen LogP contribution is -2.63. The second-order valence-electron chi connectivity index (χ2n) is 3.80. The van der Waals surface area contributed by atoms with Crippen LogP contribution in [0, 0.1) is 0 Å². The maximum atomic E-state index is 5.42. The van der Waals surface area contributed by atoms with Crippen LogP contribution >= 0.6 is 0 Å². The summed E-state index contributed by atoms with van der Waals surface area (Å²) in [5.74, 6) is 0. The summed E-state index contributed by atoms with van der Waals surface area (Å²) in [6.07, 6.45) is 7.13. The smallest absolute Gasteiger partial charge is 0.0753 e. The zero-order valence-electron chi connectivity index (χ0n) is 7.23. The zero-order chi connectivity index (χ0) is 7.73. The molecule has 0 aromatic carbocycles. The van der Waals surface area contributed by atoms with E-state index in [4.69, 9.17) is 4.74 Å². The Hall–Kier alpha value is -0.0800. The van der Waals surface area contributed by atoms with E-state index >= 15 is 0 Å². The lowest BCUT2D eigenvalue weighted by Gasteiger charge is -2.51. The molecule has 1 heterocycles. The first-order valence-corrected chi connectivity index (χ1v) is 4.65. The van der Waals surface area contributed by atoms with Gasteiger partial charge in [-0.2, -0.15) is 0 Å². The first kappa shape index (κ1) is 7.56. The Morgan fingerprint density at radius 1 is 1.36 bits per heavy atom. The van der Waals surface area contributed by atoms with E-state index in [0.717, 1.165) is 0 Å².